The van der Waals surface area contributed by atoms with Gasteiger partial charge in [0.25, 0.3) is 0 Å². The molecule has 0 atom stereocenters. The van der Waals surface area contributed by atoms with Crippen LogP contribution in [0.25, 0.3) is 33.1 Å². The summed E-state index contributed by atoms with van der Waals surface area (Å²) in [5, 5.41) is 3.63. The smallest absolute Gasteiger partial charge is 0.497 e. The molecular formula is C27H24N4O5S. The molecule has 5 rings (SSSR count). The normalized spacial score (nSPS) is 11.0. The van der Waals surface area contributed by atoms with Crippen molar-refractivity contribution in [2.75, 3.05) is 19.0 Å². The number of nitrogens with one attached hydrogen (secondary N) is 1. The number of aromatic nitrogens is 3. The Morgan fingerprint density at radius 3 is 2.51 bits per heavy atom. The van der Waals surface area contributed by atoms with Gasteiger partial charge in [-0.15, -0.1) is 0 Å². The highest BCUT2D eigenvalue weighted by Crippen LogP contribution is 2.42. The largest absolute Gasteiger partial charge is 0.515 e. The van der Waals surface area contributed by atoms with E-state index in [9.17, 15) is 9.59 Å². The zero-order valence-electron chi connectivity index (χ0n) is 20.5. The van der Waals surface area contributed by atoms with E-state index in [2.05, 4.69) is 14.1 Å². The Morgan fingerprint density at radius 2 is 1.78 bits per heavy atom. The van der Waals surface area contributed by atoms with Gasteiger partial charge in [-0.05, 0) is 60.5 Å². The SMILES string of the molecule is CCOC(=O)Oc1c(-c2ccc3nsnc3c2)c2cc(NC(C)=O)ccc2n1Cc1ccc(OC)cc1. The van der Waals surface area contributed by atoms with Gasteiger partial charge >= 0.3 is 6.16 Å². The van der Waals surface area contributed by atoms with Crippen LogP contribution in [0.5, 0.6) is 11.6 Å². The first-order valence-corrected chi connectivity index (χ1v) is 12.3. The van der Waals surface area contributed by atoms with Crippen LogP contribution >= 0.6 is 11.7 Å². The number of ether oxygens (including phenoxy) is 3. The van der Waals surface area contributed by atoms with Crippen LogP contribution in [0.4, 0.5) is 10.5 Å². The molecule has 9 nitrogen and oxygen atoms in total. The van der Waals surface area contributed by atoms with Crippen molar-refractivity contribution in [1.82, 2.24) is 13.3 Å². The van der Waals surface area contributed by atoms with Crippen LogP contribution in [0.15, 0.2) is 60.7 Å². The van der Waals surface area contributed by atoms with Crippen molar-refractivity contribution in [3.63, 3.8) is 0 Å². The topological polar surface area (TPSA) is 105 Å². The molecule has 0 saturated carbocycles. The third kappa shape index (κ3) is 4.96. The molecule has 1 amide bonds. The van der Waals surface area contributed by atoms with E-state index in [1.165, 1.54) is 6.92 Å². The van der Waals surface area contributed by atoms with Gasteiger partial charge in [-0.25, -0.2) is 4.79 Å². The van der Waals surface area contributed by atoms with E-state index in [4.69, 9.17) is 14.2 Å². The van der Waals surface area contributed by atoms with Gasteiger partial charge in [-0.1, -0.05) is 18.2 Å². The van der Waals surface area contributed by atoms with Crippen LogP contribution in [-0.2, 0) is 16.1 Å². The number of hydrogen-bond acceptors (Lipinski definition) is 8. The van der Waals surface area contributed by atoms with Crippen LogP contribution < -0.4 is 14.8 Å². The molecule has 0 saturated heterocycles. The van der Waals surface area contributed by atoms with E-state index in [-0.39, 0.29) is 12.5 Å². The molecule has 10 heteroatoms. The first kappa shape index (κ1) is 24.3. The molecule has 3 aromatic carbocycles. The lowest BCUT2D eigenvalue weighted by molar-refractivity contribution is -0.114. The summed E-state index contributed by atoms with van der Waals surface area (Å²) < 4.78 is 26.9. The summed E-state index contributed by atoms with van der Waals surface area (Å²) in [6.45, 7) is 3.77. The van der Waals surface area contributed by atoms with Gasteiger partial charge in [0.15, 0.2) is 0 Å². The first-order chi connectivity index (χ1) is 18.0. The van der Waals surface area contributed by atoms with Crippen LogP contribution in [0, 0.1) is 0 Å². The summed E-state index contributed by atoms with van der Waals surface area (Å²) in [5.74, 6) is 0.887. The lowest BCUT2D eigenvalue weighted by atomic mass is 10.0. The van der Waals surface area contributed by atoms with Gasteiger partial charge in [-0.2, -0.15) is 8.75 Å². The van der Waals surface area contributed by atoms with Crippen molar-refractivity contribution in [2.24, 2.45) is 0 Å². The van der Waals surface area contributed by atoms with Gasteiger partial charge < -0.3 is 24.1 Å². The molecule has 0 aliphatic rings. The first-order valence-electron chi connectivity index (χ1n) is 11.6. The van der Waals surface area contributed by atoms with Gasteiger partial charge in [0.2, 0.25) is 11.8 Å². The summed E-state index contributed by atoms with van der Waals surface area (Å²) in [5.41, 5.74) is 5.40. The van der Waals surface area contributed by atoms with Crippen LogP contribution in [0.1, 0.15) is 19.4 Å². The van der Waals surface area contributed by atoms with Crippen molar-refractivity contribution in [3.8, 4) is 22.8 Å². The lowest BCUT2D eigenvalue weighted by Gasteiger charge is -2.13. The highest BCUT2D eigenvalue weighted by Gasteiger charge is 2.24. The van der Waals surface area contributed by atoms with E-state index in [0.29, 0.717) is 23.7 Å². The van der Waals surface area contributed by atoms with E-state index in [1.54, 1.807) is 14.0 Å². The molecule has 37 heavy (non-hydrogen) atoms. The zero-order chi connectivity index (χ0) is 25.9. The maximum atomic E-state index is 12.6. The number of rotatable bonds is 7. The maximum absolute atomic E-state index is 12.6. The molecular weight excluding hydrogens is 492 g/mol. The summed E-state index contributed by atoms with van der Waals surface area (Å²) in [6, 6.07) is 19.0. The highest BCUT2D eigenvalue weighted by atomic mass is 32.1. The third-order valence-electron chi connectivity index (χ3n) is 5.82. The fourth-order valence-corrected chi connectivity index (χ4v) is 4.75. The van der Waals surface area contributed by atoms with E-state index in [0.717, 1.165) is 50.5 Å². The summed E-state index contributed by atoms with van der Waals surface area (Å²) in [7, 11) is 1.62. The molecule has 2 heterocycles. The fourth-order valence-electron chi connectivity index (χ4n) is 4.23. The van der Waals surface area contributed by atoms with Crippen LogP contribution in [0.2, 0.25) is 0 Å². The number of benzene rings is 3. The van der Waals surface area contributed by atoms with Crippen LogP contribution in [-0.4, -0.2) is 39.1 Å². The second-order valence-electron chi connectivity index (χ2n) is 8.28. The van der Waals surface area contributed by atoms with Gasteiger partial charge in [0.1, 0.15) is 16.8 Å². The van der Waals surface area contributed by atoms with E-state index >= 15 is 0 Å². The number of carbonyl (C=O) groups is 2. The monoisotopic (exact) mass is 516 g/mol. The Bertz CT molecular complexity index is 1610. The average molecular weight is 517 g/mol. The second-order valence-corrected chi connectivity index (χ2v) is 8.81. The fraction of sp³-hybridized carbons (Fsp3) is 0.185. The molecule has 188 valence electrons. The zero-order valence-corrected chi connectivity index (χ0v) is 21.3. The van der Waals surface area contributed by atoms with Crippen LogP contribution in [0.3, 0.4) is 0 Å². The molecule has 1 N–H and O–H groups in total. The van der Waals surface area contributed by atoms with E-state index < -0.39 is 6.16 Å². The van der Waals surface area contributed by atoms with E-state index in [1.807, 2.05) is 65.2 Å². The van der Waals surface area contributed by atoms with Crippen molar-refractivity contribution in [2.45, 2.75) is 20.4 Å². The second kappa shape index (κ2) is 10.3. The number of fused-ring (bicyclic) bond motifs is 2. The number of methoxy groups -OCH3 is 1. The molecule has 0 radical (unpaired) electrons. The lowest BCUT2D eigenvalue weighted by Crippen LogP contribution is -2.14. The predicted octanol–water partition coefficient (Wildman–Crippen LogP) is 5.86. The van der Waals surface area contributed by atoms with Crippen molar-refractivity contribution < 1.29 is 23.8 Å². The minimum absolute atomic E-state index is 0.177. The number of carbonyl (C=O) groups excluding carboxylic acids is 2. The Hall–Kier alpha value is -4.44. The Kier molecular flexibility index (Phi) is 6.74. The summed E-state index contributed by atoms with van der Waals surface area (Å²) >= 11 is 1.13. The Morgan fingerprint density at radius 1 is 1.00 bits per heavy atom. The van der Waals surface area contributed by atoms with Gasteiger partial charge in [-0.3, -0.25) is 4.79 Å². The van der Waals surface area contributed by atoms with Crippen molar-refractivity contribution in [1.29, 1.82) is 0 Å². The summed E-state index contributed by atoms with van der Waals surface area (Å²) in [6.07, 6.45) is -0.805. The molecule has 0 bridgehead atoms. The van der Waals surface area contributed by atoms with Gasteiger partial charge in [0.05, 0.1) is 43.1 Å². The number of nitrogens with zero attached hydrogens (tertiary/aromatic N) is 3. The minimum Gasteiger partial charge on any atom is -0.497 e. The molecule has 5 aromatic rings. The van der Waals surface area contributed by atoms with Gasteiger partial charge in [0, 0.05) is 18.0 Å². The minimum atomic E-state index is -0.805. The predicted molar refractivity (Wildman–Crippen MR) is 142 cm³/mol. The number of hydrogen-bond donors (Lipinski definition) is 1. The highest BCUT2D eigenvalue weighted by molar-refractivity contribution is 7.00. The standard InChI is InChI=1S/C27H24N4O5S/c1-4-35-27(33)36-26-25(18-7-11-22-23(13-18)30-37-29-22)21-14-19(28-16(2)32)8-12-24(21)31(26)15-17-5-9-20(34-3)10-6-17/h5-14H,4,15H2,1-3H3,(H,28,32). The van der Waals surface area contributed by atoms with Crippen molar-refractivity contribution in [3.05, 3.63) is 66.2 Å². The molecule has 0 aliphatic heterocycles. The Balaban J connectivity index is 1.75. The Labute approximate surface area is 216 Å². The third-order valence-corrected chi connectivity index (χ3v) is 6.38. The maximum Gasteiger partial charge on any atom is 0.515 e. The average Bonchev–Trinajstić information content (AvgIpc) is 3.46. The molecule has 0 unspecified atom stereocenters. The summed E-state index contributed by atoms with van der Waals surface area (Å²) in [4.78, 5) is 24.4. The molecule has 0 fully saturated rings. The number of anilines is 1. The number of amides is 1. The molecule has 0 aliphatic carbocycles. The van der Waals surface area contributed by atoms with Crippen molar-refractivity contribution >= 4 is 51.4 Å². The quantitative estimate of drug-likeness (QED) is 0.270. The molecule has 2 aromatic heterocycles. The molecule has 0 spiro atoms.